The standard InChI is InChI=1S/C14H18N2O/c1-3-12-5-4-7-16-13(12)9-15-10-14-11(2)6-8-17-14/h4-8,15H,3,9-10H2,1-2H3. The number of aryl methyl sites for hydroxylation is 2. The van der Waals surface area contributed by atoms with Crippen molar-refractivity contribution < 1.29 is 4.42 Å². The zero-order valence-electron chi connectivity index (χ0n) is 10.4. The Morgan fingerprint density at radius 3 is 2.88 bits per heavy atom. The molecule has 0 aliphatic heterocycles. The van der Waals surface area contributed by atoms with E-state index >= 15 is 0 Å². The van der Waals surface area contributed by atoms with Gasteiger partial charge in [0.25, 0.3) is 0 Å². The number of furan rings is 1. The fourth-order valence-electron chi connectivity index (χ4n) is 1.83. The zero-order chi connectivity index (χ0) is 12.1. The van der Waals surface area contributed by atoms with Crippen LogP contribution in [0.2, 0.25) is 0 Å². The lowest BCUT2D eigenvalue weighted by atomic mass is 10.1. The minimum Gasteiger partial charge on any atom is -0.468 e. The number of hydrogen-bond acceptors (Lipinski definition) is 3. The summed E-state index contributed by atoms with van der Waals surface area (Å²) in [5.41, 5.74) is 3.62. The molecule has 0 bridgehead atoms. The van der Waals surface area contributed by atoms with Gasteiger partial charge in [0.2, 0.25) is 0 Å². The molecule has 2 aromatic heterocycles. The van der Waals surface area contributed by atoms with Crippen LogP contribution in [-0.4, -0.2) is 4.98 Å². The van der Waals surface area contributed by atoms with Crippen LogP contribution in [0.5, 0.6) is 0 Å². The molecule has 0 amide bonds. The van der Waals surface area contributed by atoms with Gasteiger partial charge in [-0.3, -0.25) is 4.98 Å². The van der Waals surface area contributed by atoms with Crippen LogP contribution in [0.1, 0.15) is 29.5 Å². The molecule has 2 rings (SSSR count). The molecule has 90 valence electrons. The molecule has 0 unspecified atom stereocenters. The van der Waals surface area contributed by atoms with Crippen LogP contribution in [0.3, 0.4) is 0 Å². The van der Waals surface area contributed by atoms with Crippen molar-refractivity contribution in [3.63, 3.8) is 0 Å². The van der Waals surface area contributed by atoms with Gasteiger partial charge >= 0.3 is 0 Å². The van der Waals surface area contributed by atoms with Gasteiger partial charge in [-0.2, -0.15) is 0 Å². The Hall–Kier alpha value is -1.61. The summed E-state index contributed by atoms with van der Waals surface area (Å²) in [6.07, 6.45) is 4.59. The molecule has 0 aliphatic rings. The summed E-state index contributed by atoms with van der Waals surface area (Å²) in [5.74, 6) is 0.999. The third-order valence-electron chi connectivity index (χ3n) is 2.91. The third-order valence-corrected chi connectivity index (χ3v) is 2.91. The normalized spacial score (nSPS) is 10.7. The number of rotatable bonds is 5. The van der Waals surface area contributed by atoms with E-state index in [-0.39, 0.29) is 0 Å². The van der Waals surface area contributed by atoms with Crippen molar-refractivity contribution in [1.29, 1.82) is 0 Å². The predicted octanol–water partition coefficient (Wildman–Crippen LogP) is 2.84. The van der Waals surface area contributed by atoms with Crippen LogP contribution in [0.4, 0.5) is 0 Å². The van der Waals surface area contributed by atoms with E-state index in [1.165, 1.54) is 11.1 Å². The molecular weight excluding hydrogens is 212 g/mol. The molecule has 1 N–H and O–H groups in total. The van der Waals surface area contributed by atoms with Gasteiger partial charge in [0.1, 0.15) is 5.76 Å². The molecular formula is C14H18N2O. The lowest BCUT2D eigenvalue weighted by Crippen LogP contribution is -2.15. The average molecular weight is 230 g/mol. The van der Waals surface area contributed by atoms with E-state index in [2.05, 4.69) is 30.2 Å². The Morgan fingerprint density at radius 2 is 2.18 bits per heavy atom. The van der Waals surface area contributed by atoms with E-state index in [4.69, 9.17) is 4.42 Å². The predicted molar refractivity (Wildman–Crippen MR) is 67.6 cm³/mol. The molecule has 0 spiro atoms. The van der Waals surface area contributed by atoms with Crippen molar-refractivity contribution >= 4 is 0 Å². The van der Waals surface area contributed by atoms with Crippen LogP contribution in [-0.2, 0) is 19.5 Å². The van der Waals surface area contributed by atoms with E-state index in [0.29, 0.717) is 0 Å². The number of hydrogen-bond donors (Lipinski definition) is 1. The molecule has 0 radical (unpaired) electrons. The quantitative estimate of drug-likeness (QED) is 0.858. The van der Waals surface area contributed by atoms with Gasteiger partial charge in [-0.1, -0.05) is 13.0 Å². The molecule has 2 heterocycles. The van der Waals surface area contributed by atoms with Crippen molar-refractivity contribution in [2.75, 3.05) is 0 Å². The molecule has 0 aliphatic carbocycles. The fourth-order valence-corrected chi connectivity index (χ4v) is 1.83. The minimum absolute atomic E-state index is 0.749. The summed E-state index contributed by atoms with van der Waals surface area (Å²) < 4.78 is 5.38. The van der Waals surface area contributed by atoms with Crippen molar-refractivity contribution in [3.05, 3.63) is 53.2 Å². The van der Waals surface area contributed by atoms with Crippen LogP contribution in [0, 0.1) is 6.92 Å². The number of aromatic nitrogens is 1. The first-order valence-corrected chi connectivity index (χ1v) is 5.97. The first-order chi connectivity index (χ1) is 8.31. The summed E-state index contributed by atoms with van der Waals surface area (Å²) in [6, 6.07) is 6.09. The van der Waals surface area contributed by atoms with E-state index in [1.807, 2.05) is 18.3 Å². The van der Waals surface area contributed by atoms with Crippen molar-refractivity contribution in [2.24, 2.45) is 0 Å². The summed E-state index contributed by atoms with van der Waals surface area (Å²) in [6.45, 7) is 5.73. The maximum absolute atomic E-state index is 5.38. The first kappa shape index (κ1) is 11.9. The molecule has 3 heteroatoms. The van der Waals surface area contributed by atoms with E-state index < -0.39 is 0 Å². The van der Waals surface area contributed by atoms with E-state index in [9.17, 15) is 0 Å². The van der Waals surface area contributed by atoms with Gasteiger partial charge in [-0.15, -0.1) is 0 Å². The van der Waals surface area contributed by atoms with Gasteiger partial charge < -0.3 is 9.73 Å². The van der Waals surface area contributed by atoms with Gasteiger partial charge in [0, 0.05) is 12.7 Å². The Morgan fingerprint density at radius 1 is 1.29 bits per heavy atom. The first-order valence-electron chi connectivity index (χ1n) is 5.97. The summed E-state index contributed by atoms with van der Waals surface area (Å²) in [7, 11) is 0. The van der Waals surface area contributed by atoms with Gasteiger partial charge in [-0.25, -0.2) is 0 Å². The fraction of sp³-hybridized carbons (Fsp3) is 0.357. The number of pyridine rings is 1. The van der Waals surface area contributed by atoms with E-state index in [0.717, 1.165) is 31.0 Å². The summed E-state index contributed by atoms with van der Waals surface area (Å²) in [4.78, 5) is 4.40. The second kappa shape index (κ2) is 5.64. The van der Waals surface area contributed by atoms with Gasteiger partial charge in [-0.05, 0) is 36.6 Å². The highest BCUT2D eigenvalue weighted by Gasteiger charge is 2.03. The Labute approximate surface area is 102 Å². The molecule has 0 saturated heterocycles. The lowest BCUT2D eigenvalue weighted by Gasteiger charge is -2.07. The highest BCUT2D eigenvalue weighted by Crippen LogP contribution is 2.09. The van der Waals surface area contributed by atoms with Crippen molar-refractivity contribution in [3.8, 4) is 0 Å². The van der Waals surface area contributed by atoms with Crippen LogP contribution in [0.15, 0.2) is 35.1 Å². The SMILES string of the molecule is CCc1cccnc1CNCc1occc1C. The summed E-state index contributed by atoms with van der Waals surface area (Å²) in [5, 5.41) is 3.36. The second-order valence-corrected chi connectivity index (χ2v) is 4.09. The molecule has 2 aromatic rings. The van der Waals surface area contributed by atoms with Crippen LogP contribution >= 0.6 is 0 Å². The van der Waals surface area contributed by atoms with Crippen molar-refractivity contribution in [2.45, 2.75) is 33.4 Å². The molecule has 0 saturated carbocycles. The Kier molecular flexibility index (Phi) is 3.94. The third kappa shape index (κ3) is 2.94. The Bertz CT molecular complexity index is 477. The van der Waals surface area contributed by atoms with E-state index in [1.54, 1.807) is 6.26 Å². The highest BCUT2D eigenvalue weighted by molar-refractivity contribution is 5.20. The smallest absolute Gasteiger partial charge is 0.120 e. The maximum Gasteiger partial charge on any atom is 0.120 e. The second-order valence-electron chi connectivity index (χ2n) is 4.09. The Balaban J connectivity index is 1.92. The van der Waals surface area contributed by atoms with Crippen LogP contribution in [0.25, 0.3) is 0 Å². The molecule has 3 nitrogen and oxygen atoms in total. The number of nitrogens with zero attached hydrogens (tertiary/aromatic N) is 1. The van der Waals surface area contributed by atoms with Gasteiger partial charge in [0.05, 0.1) is 18.5 Å². The number of nitrogens with one attached hydrogen (secondary N) is 1. The van der Waals surface area contributed by atoms with Crippen LogP contribution < -0.4 is 5.32 Å². The monoisotopic (exact) mass is 230 g/mol. The molecule has 17 heavy (non-hydrogen) atoms. The molecule has 0 aromatic carbocycles. The average Bonchev–Trinajstić information content (AvgIpc) is 2.76. The maximum atomic E-state index is 5.38. The largest absolute Gasteiger partial charge is 0.468 e. The van der Waals surface area contributed by atoms with Crippen molar-refractivity contribution in [1.82, 2.24) is 10.3 Å². The molecule has 0 atom stereocenters. The summed E-state index contributed by atoms with van der Waals surface area (Å²) >= 11 is 0. The lowest BCUT2D eigenvalue weighted by molar-refractivity contribution is 0.478. The topological polar surface area (TPSA) is 38.1 Å². The highest BCUT2D eigenvalue weighted by atomic mass is 16.3. The zero-order valence-corrected chi connectivity index (χ0v) is 10.4. The minimum atomic E-state index is 0.749. The van der Waals surface area contributed by atoms with Gasteiger partial charge in [0.15, 0.2) is 0 Å². The molecule has 0 fully saturated rings.